The van der Waals surface area contributed by atoms with Gasteiger partial charge >= 0.3 is 0 Å². The fourth-order valence-corrected chi connectivity index (χ4v) is 13.8. The fourth-order valence-electron chi connectivity index (χ4n) is 7.52. The van der Waals surface area contributed by atoms with Crippen LogP contribution in [0.5, 0.6) is 5.75 Å². The third-order valence-corrected chi connectivity index (χ3v) is 15.6. The van der Waals surface area contributed by atoms with Gasteiger partial charge in [0.05, 0.1) is 0 Å². The van der Waals surface area contributed by atoms with Crippen LogP contribution in [-0.2, 0) is 16.2 Å². The Hall–Kier alpha value is -2.58. The average Bonchev–Trinajstić information content (AvgIpc) is 3.24. The molecule has 1 aliphatic rings. The van der Waals surface area contributed by atoms with Crippen molar-refractivity contribution in [2.75, 3.05) is 6.61 Å². The van der Waals surface area contributed by atoms with Gasteiger partial charge in [0.15, 0.2) is 0 Å². The van der Waals surface area contributed by atoms with Crippen molar-refractivity contribution in [1.82, 2.24) is 0 Å². The molecule has 43 heavy (non-hydrogen) atoms. The van der Waals surface area contributed by atoms with E-state index >= 15 is 0 Å². The van der Waals surface area contributed by atoms with Gasteiger partial charge in [-0.3, -0.25) is 0 Å². The van der Waals surface area contributed by atoms with E-state index in [1.54, 1.807) is 11.1 Å². The largest absolute Gasteiger partial charge is 0.489 e. The number of fused-ring (bicyclic) bond motifs is 3. The van der Waals surface area contributed by atoms with Gasteiger partial charge in [-0.25, -0.2) is 0 Å². The number of rotatable bonds is 9. The summed E-state index contributed by atoms with van der Waals surface area (Å²) in [4.78, 5) is 0. The van der Waals surface area contributed by atoms with Crippen LogP contribution >= 0.6 is 0 Å². The number of hydrogen-bond donors (Lipinski definition) is 0. The molecule has 1 aliphatic carbocycles. The summed E-state index contributed by atoms with van der Waals surface area (Å²) in [5.41, 5.74) is 12.0. The molecule has 3 aromatic rings. The first-order valence-corrected chi connectivity index (χ1v) is 19.2. The van der Waals surface area contributed by atoms with Gasteiger partial charge in [-0.2, -0.15) is 0 Å². The van der Waals surface area contributed by atoms with Crippen LogP contribution in [0.1, 0.15) is 128 Å². The summed E-state index contributed by atoms with van der Waals surface area (Å²) in [6, 6.07) is 22.2. The lowest BCUT2D eigenvalue weighted by Crippen LogP contribution is -2.54. The molecule has 0 spiro atoms. The minimum absolute atomic E-state index is 0.0276. The van der Waals surface area contributed by atoms with E-state index in [1.807, 2.05) is 6.08 Å². The Balaban J connectivity index is 2.19. The predicted octanol–water partition coefficient (Wildman–Crippen LogP) is 11.3. The summed E-state index contributed by atoms with van der Waals surface area (Å²) < 4.78 is 6.81. The van der Waals surface area contributed by atoms with Crippen LogP contribution in [0.15, 0.2) is 61.2 Å². The second-order valence-electron chi connectivity index (χ2n) is 16.2. The zero-order valence-electron chi connectivity index (χ0n) is 29.4. The van der Waals surface area contributed by atoms with Crippen molar-refractivity contribution in [1.29, 1.82) is 0 Å². The third-order valence-electron chi connectivity index (χ3n) is 9.62. The standard InChI is InChI=1S/C41H58OSi/c1-14-21-42-37-35(41(11,12)13)24-28(4)25-36(37)43(22-15-2,23-16-3)38-33-26-29(39(5,6)7)17-19-31(33)32-20-18-30(27-34(32)38)40(8,9)10/h14,17-20,24-27,38H,1,15-16,21-23H2,2-13H3. The lowest BCUT2D eigenvalue weighted by atomic mass is 9.85. The number of hydrogen-bond acceptors (Lipinski definition) is 1. The molecule has 0 atom stereocenters. The SMILES string of the molecule is C=CCOc1c(C(C)(C)C)cc(C)cc1[Si](CCC)(CCC)C1c2cc(C(C)(C)C)ccc2-c2ccc(C(C)(C)C)cc21. The minimum Gasteiger partial charge on any atom is -0.489 e. The summed E-state index contributed by atoms with van der Waals surface area (Å²) >= 11 is 0. The number of aryl methyl sites for hydroxylation is 1. The van der Waals surface area contributed by atoms with Crippen molar-refractivity contribution in [3.05, 3.63) is 94.6 Å². The molecule has 0 aliphatic heterocycles. The first-order chi connectivity index (χ1) is 20.0. The van der Waals surface area contributed by atoms with E-state index in [0.717, 1.165) is 5.75 Å². The first kappa shape index (κ1) is 33.3. The van der Waals surface area contributed by atoms with Gasteiger partial charge in [0.1, 0.15) is 20.4 Å². The van der Waals surface area contributed by atoms with Gasteiger partial charge < -0.3 is 4.74 Å². The highest BCUT2D eigenvalue weighted by atomic mass is 28.3. The molecule has 0 radical (unpaired) electrons. The lowest BCUT2D eigenvalue weighted by Gasteiger charge is -2.42. The molecule has 3 aromatic carbocycles. The van der Waals surface area contributed by atoms with Gasteiger partial charge in [0, 0.05) is 5.54 Å². The van der Waals surface area contributed by atoms with Crippen molar-refractivity contribution >= 4 is 13.3 Å². The summed E-state index contributed by atoms with van der Waals surface area (Å²) in [7, 11) is -2.30. The number of benzene rings is 3. The molecule has 4 rings (SSSR count). The molecular weight excluding hydrogens is 537 g/mol. The van der Waals surface area contributed by atoms with E-state index in [-0.39, 0.29) is 16.2 Å². The average molecular weight is 595 g/mol. The fraction of sp³-hybridized carbons (Fsp3) is 0.512. The molecule has 0 fully saturated rings. The molecule has 1 nitrogen and oxygen atoms in total. The Labute approximate surface area is 265 Å². The van der Waals surface area contributed by atoms with Crippen molar-refractivity contribution in [3.63, 3.8) is 0 Å². The normalized spacial score (nSPS) is 14.0. The second-order valence-corrected chi connectivity index (χ2v) is 20.7. The zero-order valence-corrected chi connectivity index (χ0v) is 30.4. The summed E-state index contributed by atoms with van der Waals surface area (Å²) in [5.74, 6) is 1.14. The molecule has 0 bridgehead atoms. The highest BCUT2D eigenvalue weighted by Gasteiger charge is 2.50. The maximum Gasteiger partial charge on any atom is 0.122 e. The van der Waals surface area contributed by atoms with E-state index < -0.39 is 8.07 Å². The molecular formula is C41H58OSi. The van der Waals surface area contributed by atoms with Gasteiger partial charge in [0.2, 0.25) is 0 Å². The van der Waals surface area contributed by atoms with Crippen LogP contribution in [0.4, 0.5) is 0 Å². The highest BCUT2D eigenvalue weighted by molar-refractivity contribution is 6.94. The van der Waals surface area contributed by atoms with Crippen LogP contribution in [-0.4, -0.2) is 14.7 Å². The number of ether oxygens (including phenoxy) is 1. The summed E-state index contributed by atoms with van der Waals surface area (Å²) in [6.07, 6.45) is 4.25. The topological polar surface area (TPSA) is 9.23 Å². The quantitative estimate of drug-likeness (QED) is 0.177. The Bertz CT molecular complexity index is 1400. The Morgan fingerprint density at radius 3 is 1.60 bits per heavy atom. The van der Waals surface area contributed by atoms with E-state index in [2.05, 4.69) is 138 Å². The summed E-state index contributed by atoms with van der Waals surface area (Å²) in [6.45, 7) is 32.8. The molecule has 232 valence electrons. The van der Waals surface area contributed by atoms with Gasteiger partial charge in [-0.05, 0) is 67.3 Å². The molecule has 0 heterocycles. The van der Waals surface area contributed by atoms with Gasteiger partial charge in [-0.15, -0.1) is 0 Å². The van der Waals surface area contributed by atoms with Crippen LogP contribution in [0, 0.1) is 6.92 Å². The van der Waals surface area contributed by atoms with Crippen LogP contribution < -0.4 is 9.92 Å². The van der Waals surface area contributed by atoms with E-state index in [0.29, 0.717) is 12.1 Å². The molecule has 0 unspecified atom stereocenters. The molecule has 0 saturated carbocycles. The van der Waals surface area contributed by atoms with Crippen LogP contribution in [0.3, 0.4) is 0 Å². The lowest BCUT2D eigenvalue weighted by molar-refractivity contribution is 0.353. The molecule has 2 heteroatoms. The van der Waals surface area contributed by atoms with Crippen LogP contribution in [0.2, 0.25) is 12.1 Å². The molecule has 0 amide bonds. The second kappa shape index (κ2) is 12.1. The van der Waals surface area contributed by atoms with E-state index in [1.165, 1.54) is 63.5 Å². The Morgan fingerprint density at radius 1 is 0.721 bits per heavy atom. The predicted molar refractivity (Wildman–Crippen MR) is 192 cm³/mol. The van der Waals surface area contributed by atoms with Gasteiger partial charge in [0.25, 0.3) is 0 Å². The smallest absolute Gasteiger partial charge is 0.122 e. The van der Waals surface area contributed by atoms with Crippen molar-refractivity contribution in [2.45, 2.75) is 130 Å². The van der Waals surface area contributed by atoms with Crippen molar-refractivity contribution in [3.8, 4) is 16.9 Å². The van der Waals surface area contributed by atoms with Crippen molar-refractivity contribution < 1.29 is 4.74 Å². The molecule has 0 N–H and O–H groups in total. The minimum atomic E-state index is -2.30. The maximum absolute atomic E-state index is 6.81. The highest BCUT2D eigenvalue weighted by Crippen LogP contribution is 2.54. The first-order valence-electron chi connectivity index (χ1n) is 16.7. The third kappa shape index (κ3) is 6.32. The van der Waals surface area contributed by atoms with Crippen molar-refractivity contribution in [2.24, 2.45) is 0 Å². The van der Waals surface area contributed by atoms with E-state index in [9.17, 15) is 0 Å². The van der Waals surface area contributed by atoms with Gasteiger partial charge in [-0.1, -0.05) is 168 Å². The monoisotopic (exact) mass is 594 g/mol. The summed E-state index contributed by atoms with van der Waals surface area (Å²) in [5, 5.41) is 1.52. The van der Waals surface area contributed by atoms with E-state index in [4.69, 9.17) is 4.74 Å². The van der Waals surface area contributed by atoms with Crippen LogP contribution in [0.25, 0.3) is 11.1 Å². The zero-order chi connectivity index (χ0) is 32.0. The maximum atomic E-state index is 6.81. The Kier molecular flexibility index (Phi) is 9.35. The molecule has 0 aromatic heterocycles. The Morgan fingerprint density at radius 2 is 1.21 bits per heavy atom. The molecule has 0 saturated heterocycles.